The van der Waals surface area contributed by atoms with Gasteiger partial charge in [-0.1, -0.05) is 0 Å². The molecule has 0 aliphatic carbocycles. The van der Waals surface area contributed by atoms with E-state index in [0.29, 0.717) is 6.54 Å². The van der Waals surface area contributed by atoms with Gasteiger partial charge in [0.1, 0.15) is 10.7 Å². The summed E-state index contributed by atoms with van der Waals surface area (Å²) in [6, 6.07) is 0.964. The lowest BCUT2D eigenvalue weighted by Crippen LogP contribution is -2.44. The van der Waals surface area contributed by atoms with Gasteiger partial charge in [0, 0.05) is 38.9 Å². The number of hydrogen-bond acceptors (Lipinski definition) is 5. The van der Waals surface area contributed by atoms with Crippen LogP contribution in [0.3, 0.4) is 0 Å². The minimum Gasteiger partial charge on any atom is -0.314 e. The van der Waals surface area contributed by atoms with Gasteiger partial charge >= 0.3 is 0 Å². The number of nitrogens with one attached hydrogen (secondary N) is 2. The van der Waals surface area contributed by atoms with Crippen molar-refractivity contribution >= 4 is 10.0 Å². The SMILES string of the molecule is O=S(=O)(NCCCN1CCNCC1)c1cncc(F)c1. The monoisotopic (exact) mass is 302 g/mol. The number of hydrogen-bond donors (Lipinski definition) is 2. The first kappa shape index (κ1) is 15.3. The van der Waals surface area contributed by atoms with Crippen LogP contribution in [-0.4, -0.2) is 57.6 Å². The Hall–Kier alpha value is -1.09. The molecule has 8 heteroatoms. The third-order valence-electron chi connectivity index (χ3n) is 3.14. The van der Waals surface area contributed by atoms with Crippen molar-refractivity contribution in [2.45, 2.75) is 11.3 Å². The van der Waals surface area contributed by atoms with Crippen LogP contribution in [0.4, 0.5) is 4.39 Å². The summed E-state index contributed by atoms with van der Waals surface area (Å²) in [7, 11) is -3.67. The molecule has 1 saturated heterocycles. The average Bonchev–Trinajstić information content (AvgIpc) is 2.45. The standard InChI is InChI=1S/C12H19FN4O2S/c13-11-8-12(10-15-9-11)20(18,19)16-2-1-5-17-6-3-14-4-7-17/h8-10,14,16H,1-7H2. The molecule has 0 bridgehead atoms. The summed E-state index contributed by atoms with van der Waals surface area (Å²) in [5, 5.41) is 3.26. The van der Waals surface area contributed by atoms with Crippen LogP contribution in [0.15, 0.2) is 23.4 Å². The van der Waals surface area contributed by atoms with Crippen LogP contribution < -0.4 is 10.0 Å². The van der Waals surface area contributed by atoms with Crippen LogP contribution in [0.2, 0.25) is 0 Å². The van der Waals surface area contributed by atoms with Crippen molar-refractivity contribution in [2.75, 3.05) is 39.3 Å². The fourth-order valence-electron chi connectivity index (χ4n) is 2.07. The first-order valence-electron chi connectivity index (χ1n) is 6.61. The summed E-state index contributed by atoms with van der Waals surface area (Å²) in [6.45, 7) is 5.11. The smallest absolute Gasteiger partial charge is 0.242 e. The molecule has 1 aromatic heterocycles. The van der Waals surface area contributed by atoms with E-state index in [1.165, 1.54) is 0 Å². The quantitative estimate of drug-likeness (QED) is 0.712. The molecule has 2 rings (SSSR count). The van der Waals surface area contributed by atoms with E-state index in [0.717, 1.165) is 57.6 Å². The molecule has 20 heavy (non-hydrogen) atoms. The van der Waals surface area contributed by atoms with Gasteiger partial charge in [0.25, 0.3) is 0 Å². The van der Waals surface area contributed by atoms with Crippen LogP contribution in [0, 0.1) is 5.82 Å². The Kier molecular flexibility index (Phi) is 5.41. The molecule has 0 spiro atoms. The minimum absolute atomic E-state index is 0.139. The van der Waals surface area contributed by atoms with Gasteiger partial charge in [0.05, 0.1) is 6.20 Å². The number of aromatic nitrogens is 1. The molecule has 2 N–H and O–H groups in total. The van der Waals surface area contributed by atoms with E-state index < -0.39 is 15.8 Å². The molecular weight excluding hydrogens is 283 g/mol. The zero-order valence-corrected chi connectivity index (χ0v) is 12.0. The fraction of sp³-hybridized carbons (Fsp3) is 0.583. The summed E-state index contributed by atoms with van der Waals surface area (Å²) in [5.74, 6) is -0.659. The summed E-state index contributed by atoms with van der Waals surface area (Å²) in [6.07, 6.45) is 2.84. The third kappa shape index (κ3) is 4.48. The molecule has 0 saturated carbocycles. The molecule has 2 heterocycles. The van der Waals surface area contributed by atoms with Crippen LogP contribution >= 0.6 is 0 Å². The largest absolute Gasteiger partial charge is 0.314 e. The van der Waals surface area contributed by atoms with E-state index in [1.807, 2.05) is 0 Å². The number of piperazine rings is 1. The van der Waals surface area contributed by atoms with Crippen molar-refractivity contribution in [3.63, 3.8) is 0 Å². The minimum atomic E-state index is -3.67. The molecule has 1 aromatic rings. The summed E-state index contributed by atoms with van der Waals surface area (Å²) in [4.78, 5) is 5.69. The second kappa shape index (κ2) is 7.07. The maximum Gasteiger partial charge on any atom is 0.242 e. The molecule has 1 aliphatic rings. The topological polar surface area (TPSA) is 74.3 Å². The molecule has 6 nitrogen and oxygen atoms in total. The zero-order chi connectivity index (χ0) is 14.4. The Morgan fingerprint density at radius 1 is 1.35 bits per heavy atom. The lowest BCUT2D eigenvalue weighted by atomic mass is 10.3. The number of pyridine rings is 1. The van der Waals surface area contributed by atoms with Crippen molar-refractivity contribution in [3.8, 4) is 0 Å². The molecule has 0 unspecified atom stereocenters. The van der Waals surface area contributed by atoms with Gasteiger partial charge in [-0.25, -0.2) is 17.5 Å². The van der Waals surface area contributed by atoms with Crippen molar-refractivity contribution < 1.29 is 12.8 Å². The van der Waals surface area contributed by atoms with Crippen LogP contribution in [0.1, 0.15) is 6.42 Å². The highest BCUT2D eigenvalue weighted by Gasteiger charge is 2.15. The Bertz CT molecular complexity index is 532. The van der Waals surface area contributed by atoms with E-state index >= 15 is 0 Å². The van der Waals surface area contributed by atoms with Gasteiger partial charge in [-0.15, -0.1) is 0 Å². The predicted octanol–water partition coefficient (Wildman–Crippen LogP) is -0.206. The molecule has 1 fully saturated rings. The maximum atomic E-state index is 13.0. The highest BCUT2D eigenvalue weighted by atomic mass is 32.2. The van der Waals surface area contributed by atoms with Gasteiger partial charge in [-0.05, 0) is 19.0 Å². The molecule has 1 aliphatic heterocycles. The average molecular weight is 302 g/mol. The van der Waals surface area contributed by atoms with Gasteiger partial charge in [0.2, 0.25) is 10.0 Å². The highest BCUT2D eigenvalue weighted by Crippen LogP contribution is 2.08. The number of rotatable bonds is 6. The Balaban J connectivity index is 1.78. The van der Waals surface area contributed by atoms with Gasteiger partial charge in [0.15, 0.2) is 0 Å². The van der Waals surface area contributed by atoms with Crippen LogP contribution in [0.5, 0.6) is 0 Å². The maximum absolute atomic E-state index is 13.0. The Morgan fingerprint density at radius 2 is 2.10 bits per heavy atom. The molecule has 0 radical (unpaired) electrons. The summed E-state index contributed by atoms with van der Waals surface area (Å²) >= 11 is 0. The van der Waals surface area contributed by atoms with E-state index in [1.54, 1.807) is 0 Å². The van der Waals surface area contributed by atoms with E-state index in [-0.39, 0.29) is 4.90 Å². The number of nitrogens with zero attached hydrogens (tertiary/aromatic N) is 2. The summed E-state index contributed by atoms with van der Waals surface area (Å²) in [5.41, 5.74) is 0. The summed E-state index contributed by atoms with van der Waals surface area (Å²) < 4.78 is 39.2. The predicted molar refractivity (Wildman–Crippen MR) is 73.3 cm³/mol. The van der Waals surface area contributed by atoms with Crippen molar-refractivity contribution in [2.24, 2.45) is 0 Å². The molecule has 0 aromatic carbocycles. The molecule has 0 atom stereocenters. The molecule has 112 valence electrons. The fourth-order valence-corrected chi connectivity index (χ4v) is 3.11. The van der Waals surface area contributed by atoms with Gasteiger partial charge < -0.3 is 10.2 Å². The lowest BCUT2D eigenvalue weighted by molar-refractivity contribution is 0.239. The zero-order valence-electron chi connectivity index (χ0n) is 11.2. The normalized spacial score (nSPS) is 17.2. The van der Waals surface area contributed by atoms with Gasteiger partial charge in [-0.3, -0.25) is 4.98 Å². The first-order valence-corrected chi connectivity index (χ1v) is 8.09. The Morgan fingerprint density at radius 3 is 2.80 bits per heavy atom. The van der Waals surface area contributed by atoms with E-state index in [2.05, 4.69) is 19.9 Å². The number of sulfonamides is 1. The number of halogens is 1. The third-order valence-corrected chi connectivity index (χ3v) is 4.57. The lowest BCUT2D eigenvalue weighted by Gasteiger charge is -2.27. The highest BCUT2D eigenvalue weighted by molar-refractivity contribution is 7.89. The van der Waals surface area contributed by atoms with Gasteiger partial charge in [-0.2, -0.15) is 0 Å². The second-order valence-electron chi connectivity index (χ2n) is 4.68. The van der Waals surface area contributed by atoms with Crippen molar-refractivity contribution in [1.82, 2.24) is 19.9 Å². The molecule has 0 amide bonds. The van der Waals surface area contributed by atoms with E-state index in [4.69, 9.17) is 0 Å². The van der Waals surface area contributed by atoms with Crippen LogP contribution in [-0.2, 0) is 10.0 Å². The molecular formula is C12H19FN4O2S. The Labute approximate surface area is 118 Å². The van der Waals surface area contributed by atoms with Crippen molar-refractivity contribution in [1.29, 1.82) is 0 Å². The van der Waals surface area contributed by atoms with Crippen LogP contribution in [0.25, 0.3) is 0 Å². The first-order chi connectivity index (χ1) is 9.58. The second-order valence-corrected chi connectivity index (χ2v) is 6.45. The van der Waals surface area contributed by atoms with E-state index in [9.17, 15) is 12.8 Å². The van der Waals surface area contributed by atoms with Crippen molar-refractivity contribution in [3.05, 3.63) is 24.3 Å².